The molecule has 3 aromatic rings. The van der Waals surface area contributed by atoms with Crippen molar-refractivity contribution in [2.24, 2.45) is 0 Å². The zero-order valence-electron chi connectivity index (χ0n) is 18.1. The molecule has 1 saturated heterocycles. The second-order valence-corrected chi connectivity index (χ2v) is 8.18. The number of rotatable bonds is 5. The van der Waals surface area contributed by atoms with Crippen molar-refractivity contribution in [3.8, 4) is 5.75 Å². The Bertz CT molecular complexity index is 1020. The summed E-state index contributed by atoms with van der Waals surface area (Å²) in [5, 5.41) is 1.06. The third-order valence-corrected chi connectivity index (χ3v) is 6.19. The highest BCUT2D eigenvalue weighted by atomic mass is 16.5. The first-order valence-electron chi connectivity index (χ1n) is 10.6. The maximum Gasteiger partial charge on any atom is 0.227 e. The summed E-state index contributed by atoms with van der Waals surface area (Å²) in [6, 6.07) is 12.4. The molecule has 1 aliphatic rings. The molecule has 0 saturated carbocycles. The van der Waals surface area contributed by atoms with E-state index in [0.29, 0.717) is 6.42 Å². The van der Waals surface area contributed by atoms with Gasteiger partial charge in [0.15, 0.2) is 0 Å². The summed E-state index contributed by atoms with van der Waals surface area (Å²) in [7, 11) is 1.68. The molecule has 5 nitrogen and oxygen atoms in total. The summed E-state index contributed by atoms with van der Waals surface area (Å²) in [5.74, 6) is 1.06. The van der Waals surface area contributed by atoms with E-state index >= 15 is 0 Å². The summed E-state index contributed by atoms with van der Waals surface area (Å²) < 4.78 is 11.0. The van der Waals surface area contributed by atoms with E-state index in [4.69, 9.17) is 9.15 Å². The average Bonchev–Trinajstić information content (AvgIpc) is 3.01. The minimum Gasteiger partial charge on any atom is -0.497 e. The zero-order valence-corrected chi connectivity index (χ0v) is 18.1. The fourth-order valence-electron chi connectivity index (χ4n) is 4.17. The van der Waals surface area contributed by atoms with Crippen molar-refractivity contribution in [3.05, 3.63) is 64.9 Å². The van der Waals surface area contributed by atoms with Crippen molar-refractivity contribution in [2.45, 2.75) is 33.2 Å². The third-order valence-electron chi connectivity index (χ3n) is 6.19. The van der Waals surface area contributed by atoms with Crippen molar-refractivity contribution in [1.29, 1.82) is 0 Å². The van der Waals surface area contributed by atoms with E-state index in [-0.39, 0.29) is 5.91 Å². The molecule has 4 rings (SSSR count). The molecule has 0 spiro atoms. The number of amides is 1. The summed E-state index contributed by atoms with van der Waals surface area (Å²) in [6.45, 7) is 8.52. The van der Waals surface area contributed by atoms with Gasteiger partial charge in [-0.2, -0.15) is 0 Å². The Morgan fingerprint density at radius 3 is 2.60 bits per heavy atom. The molecule has 0 radical (unpaired) electrons. The Morgan fingerprint density at radius 2 is 1.83 bits per heavy atom. The molecule has 1 aromatic heterocycles. The summed E-state index contributed by atoms with van der Waals surface area (Å²) >= 11 is 0. The summed E-state index contributed by atoms with van der Waals surface area (Å²) in [5.41, 5.74) is 5.51. The molecular weight excluding hydrogens is 376 g/mol. The highest BCUT2D eigenvalue weighted by Crippen LogP contribution is 2.27. The fraction of sp³-hybridized carbons (Fsp3) is 0.400. The second-order valence-electron chi connectivity index (χ2n) is 8.18. The lowest BCUT2D eigenvalue weighted by molar-refractivity contribution is -0.130. The minimum absolute atomic E-state index is 0.183. The van der Waals surface area contributed by atoms with Crippen LogP contribution >= 0.6 is 0 Å². The molecule has 0 unspecified atom stereocenters. The number of hydrogen-bond acceptors (Lipinski definition) is 4. The van der Waals surface area contributed by atoms with Crippen LogP contribution in [-0.2, 0) is 17.8 Å². The van der Waals surface area contributed by atoms with Crippen LogP contribution < -0.4 is 4.74 Å². The van der Waals surface area contributed by atoms with E-state index in [1.165, 1.54) is 11.1 Å². The van der Waals surface area contributed by atoms with Crippen molar-refractivity contribution < 1.29 is 13.9 Å². The minimum atomic E-state index is 0.183. The number of methoxy groups -OCH3 is 1. The van der Waals surface area contributed by atoms with E-state index in [1.54, 1.807) is 13.4 Å². The maximum absolute atomic E-state index is 13.0. The lowest BCUT2D eigenvalue weighted by Crippen LogP contribution is -2.36. The number of carbonyl (C=O) groups is 1. The fourth-order valence-corrected chi connectivity index (χ4v) is 4.17. The maximum atomic E-state index is 13.0. The summed E-state index contributed by atoms with van der Waals surface area (Å²) in [4.78, 5) is 17.4. The Balaban J connectivity index is 1.37. The Labute approximate surface area is 178 Å². The van der Waals surface area contributed by atoms with Gasteiger partial charge in [0, 0.05) is 43.7 Å². The largest absolute Gasteiger partial charge is 0.497 e. The van der Waals surface area contributed by atoms with Gasteiger partial charge in [0.25, 0.3) is 0 Å². The number of ether oxygens (including phenoxy) is 1. The normalized spacial score (nSPS) is 15.4. The number of benzene rings is 2. The van der Waals surface area contributed by atoms with E-state index < -0.39 is 0 Å². The molecule has 1 fully saturated rings. The second kappa shape index (κ2) is 8.92. The van der Waals surface area contributed by atoms with Crippen LogP contribution in [-0.4, -0.2) is 49.0 Å². The molecule has 2 aromatic carbocycles. The number of carbonyl (C=O) groups excluding carboxylic acids is 1. The van der Waals surface area contributed by atoms with Crippen molar-refractivity contribution in [2.75, 3.05) is 33.3 Å². The number of fused-ring (bicyclic) bond motifs is 1. The van der Waals surface area contributed by atoms with Gasteiger partial charge in [-0.25, -0.2) is 0 Å². The Morgan fingerprint density at radius 1 is 1.03 bits per heavy atom. The molecule has 158 valence electrons. The highest BCUT2D eigenvalue weighted by molar-refractivity contribution is 5.89. The predicted octanol–water partition coefficient (Wildman–Crippen LogP) is 4.34. The van der Waals surface area contributed by atoms with Gasteiger partial charge in [-0.15, -0.1) is 0 Å². The van der Waals surface area contributed by atoms with Crippen LogP contribution in [0.4, 0.5) is 0 Å². The molecule has 0 bridgehead atoms. The first-order chi connectivity index (χ1) is 14.5. The summed E-state index contributed by atoms with van der Waals surface area (Å²) in [6.07, 6.45) is 3.14. The smallest absolute Gasteiger partial charge is 0.227 e. The van der Waals surface area contributed by atoms with Gasteiger partial charge in [-0.05, 0) is 49.1 Å². The third kappa shape index (κ3) is 4.36. The van der Waals surface area contributed by atoms with Crippen molar-refractivity contribution in [3.63, 3.8) is 0 Å². The number of nitrogens with zero attached hydrogens (tertiary/aromatic N) is 2. The van der Waals surface area contributed by atoms with Gasteiger partial charge in [0.1, 0.15) is 11.3 Å². The van der Waals surface area contributed by atoms with Gasteiger partial charge in [0.05, 0.1) is 19.8 Å². The van der Waals surface area contributed by atoms with Crippen LogP contribution in [0.2, 0.25) is 0 Å². The van der Waals surface area contributed by atoms with E-state index in [0.717, 1.165) is 67.0 Å². The quantitative estimate of drug-likeness (QED) is 0.633. The number of furan rings is 1. The topological polar surface area (TPSA) is 45.9 Å². The SMILES string of the molecule is COc1ccc(CN2CCCN(C(=O)Cc3coc4c(C)c(C)ccc34)CC2)cc1. The predicted molar refractivity (Wildman–Crippen MR) is 119 cm³/mol. The van der Waals surface area contributed by atoms with Crippen LogP contribution in [0.1, 0.15) is 28.7 Å². The highest BCUT2D eigenvalue weighted by Gasteiger charge is 2.21. The monoisotopic (exact) mass is 406 g/mol. The van der Waals surface area contributed by atoms with Gasteiger partial charge >= 0.3 is 0 Å². The van der Waals surface area contributed by atoms with Crippen molar-refractivity contribution >= 4 is 16.9 Å². The lowest BCUT2D eigenvalue weighted by atomic mass is 10.0. The van der Waals surface area contributed by atoms with Gasteiger partial charge in [-0.1, -0.05) is 24.3 Å². The van der Waals surface area contributed by atoms with E-state index in [1.807, 2.05) is 17.0 Å². The van der Waals surface area contributed by atoms with Crippen molar-refractivity contribution in [1.82, 2.24) is 9.80 Å². The van der Waals surface area contributed by atoms with Gasteiger partial charge in [0.2, 0.25) is 5.91 Å². The van der Waals surface area contributed by atoms with Gasteiger partial charge < -0.3 is 14.1 Å². The van der Waals surface area contributed by atoms with E-state index in [2.05, 4.69) is 43.0 Å². The average molecular weight is 407 g/mol. The van der Waals surface area contributed by atoms with Gasteiger partial charge in [-0.3, -0.25) is 9.69 Å². The molecule has 2 heterocycles. The molecular formula is C25H30N2O3. The van der Waals surface area contributed by atoms with Crippen LogP contribution in [0.5, 0.6) is 5.75 Å². The van der Waals surface area contributed by atoms with Crippen LogP contribution in [0.25, 0.3) is 11.0 Å². The number of aryl methyl sites for hydroxylation is 2. The number of hydrogen-bond donors (Lipinski definition) is 0. The first-order valence-corrected chi connectivity index (χ1v) is 10.6. The standard InChI is InChI=1S/C25H30N2O3/c1-18-5-10-23-21(17-30-25(23)19(18)2)15-24(28)27-12-4-11-26(13-14-27)16-20-6-8-22(29-3)9-7-20/h5-10,17H,4,11-16H2,1-3H3. The van der Waals surface area contributed by atoms with Crippen LogP contribution in [0.3, 0.4) is 0 Å². The molecule has 30 heavy (non-hydrogen) atoms. The molecule has 1 amide bonds. The Hall–Kier alpha value is -2.79. The molecule has 0 N–H and O–H groups in total. The van der Waals surface area contributed by atoms with E-state index in [9.17, 15) is 4.79 Å². The van der Waals surface area contributed by atoms with Crippen LogP contribution in [0, 0.1) is 13.8 Å². The first kappa shape index (κ1) is 20.5. The lowest BCUT2D eigenvalue weighted by Gasteiger charge is -2.22. The Kier molecular flexibility index (Phi) is 6.09. The molecule has 0 aliphatic carbocycles. The molecule has 0 atom stereocenters. The molecule has 5 heteroatoms. The molecule has 1 aliphatic heterocycles. The zero-order chi connectivity index (χ0) is 21.1. The van der Waals surface area contributed by atoms with Crippen LogP contribution in [0.15, 0.2) is 47.1 Å².